The highest BCUT2D eigenvalue weighted by atomic mass is 127. The molecule has 0 aliphatic heterocycles. The Bertz CT molecular complexity index is 850. The summed E-state index contributed by atoms with van der Waals surface area (Å²) in [4.78, 5) is 12.4. The molecule has 0 saturated carbocycles. The number of nitrogens with zero attached hydrogens (tertiary/aromatic N) is 1. The van der Waals surface area contributed by atoms with Crippen LogP contribution in [-0.2, 0) is 4.79 Å². The van der Waals surface area contributed by atoms with E-state index in [4.69, 9.17) is 9.47 Å². The van der Waals surface area contributed by atoms with Crippen LogP contribution in [-0.4, -0.2) is 19.6 Å². The van der Waals surface area contributed by atoms with Gasteiger partial charge in [0.2, 0.25) is 0 Å². The van der Waals surface area contributed by atoms with Crippen LogP contribution in [0.15, 0.2) is 46.4 Å². The van der Waals surface area contributed by atoms with E-state index in [2.05, 4.69) is 43.8 Å². The molecule has 2 aromatic carbocycles. The van der Waals surface area contributed by atoms with Crippen LogP contribution in [0.3, 0.4) is 0 Å². The van der Waals surface area contributed by atoms with Crippen LogP contribution < -0.4 is 14.8 Å². The summed E-state index contributed by atoms with van der Waals surface area (Å²) in [5.74, 6) is 0.956. The molecule has 0 aliphatic carbocycles. The highest BCUT2D eigenvalue weighted by Crippen LogP contribution is 2.32. The fraction of sp³-hybridized carbons (Fsp3) is 0.158. The predicted octanol–water partition coefficient (Wildman–Crippen LogP) is 5.01. The molecule has 2 aromatic rings. The molecule has 1 amide bonds. The van der Waals surface area contributed by atoms with Crippen LogP contribution in [0.25, 0.3) is 6.08 Å². The van der Waals surface area contributed by atoms with Crippen LogP contribution in [0.2, 0.25) is 0 Å². The molecule has 26 heavy (non-hydrogen) atoms. The molecule has 0 unspecified atom stereocenters. The molecule has 0 aliphatic rings. The van der Waals surface area contributed by atoms with Gasteiger partial charge in [0, 0.05) is 5.69 Å². The standard InChI is InChI=1S/C19H16BrIN2O3/c1-3-26-18-16(20)9-12(10-17(18)21)8-13(11-22)19(24)23-14-4-6-15(25-2)7-5-14/h4-10H,3H2,1-2H3,(H,23,24)/b13-8-. The number of anilines is 1. The Morgan fingerprint density at radius 1 is 1.35 bits per heavy atom. The Balaban J connectivity index is 2.23. The van der Waals surface area contributed by atoms with E-state index in [0.717, 1.165) is 19.4 Å². The van der Waals surface area contributed by atoms with Crippen molar-refractivity contribution < 1.29 is 14.3 Å². The maximum atomic E-state index is 12.4. The molecule has 0 fully saturated rings. The second kappa shape index (κ2) is 9.59. The Kier molecular flexibility index (Phi) is 7.48. The fourth-order valence-electron chi connectivity index (χ4n) is 2.13. The van der Waals surface area contributed by atoms with E-state index in [9.17, 15) is 10.1 Å². The van der Waals surface area contributed by atoms with E-state index in [0.29, 0.717) is 18.0 Å². The highest BCUT2D eigenvalue weighted by molar-refractivity contribution is 14.1. The van der Waals surface area contributed by atoms with Crippen molar-refractivity contribution in [2.24, 2.45) is 0 Å². The number of ether oxygens (including phenoxy) is 2. The molecule has 0 radical (unpaired) electrons. The molecular formula is C19H16BrIN2O3. The molecule has 0 aromatic heterocycles. The van der Waals surface area contributed by atoms with Crippen LogP contribution in [0.5, 0.6) is 11.5 Å². The van der Waals surface area contributed by atoms with E-state index in [1.54, 1.807) is 37.5 Å². The molecule has 2 rings (SSSR count). The minimum Gasteiger partial charge on any atom is -0.497 e. The predicted molar refractivity (Wildman–Crippen MR) is 113 cm³/mol. The molecule has 134 valence electrons. The van der Waals surface area contributed by atoms with Crippen LogP contribution >= 0.6 is 38.5 Å². The number of benzene rings is 2. The SMILES string of the molecule is CCOc1c(Br)cc(/C=C(/C#N)C(=O)Nc2ccc(OC)cc2)cc1I. The monoisotopic (exact) mass is 526 g/mol. The van der Waals surface area contributed by atoms with E-state index in [1.807, 2.05) is 25.1 Å². The lowest BCUT2D eigenvalue weighted by atomic mass is 10.1. The number of hydrogen-bond acceptors (Lipinski definition) is 4. The lowest BCUT2D eigenvalue weighted by molar-refractivity contribution is -0.112. The van der Waals surface area contributed by atoms with E-state index in [1.165, 1.54) is 0 Å². The van der Waals surface area contributed by atoms with Crippen LogP contribution in [0.4, 0.5) is 5.69 Å². The Morgan fingerprint density at radius 2 is 2.04 bits per heavy atom. The normalized spacial score (nSPS) is 10.8. The number of rotatable bonds is 6. The summed E-state index contributed by atoms with van der Waals surface area (Å²) in [6, 6.07) is 12.5. The first kappa shape index (κ1) is 20.3. The first-order valence-corrected chi connectivity index (χ1v) is 9.54. The van der Waals surface area contributed by atoms with Crippen molar-refractivity contribution in [1.82, 2.24) is 0 Å². The number of methoxy groups -OCH3 is 1. The lowest BCUT2D eigenvalue weighted by Gasteiger charge is -2.10. The van der Waals surface area contributed by atoms with Gasteiger partial charge in [-0.3, -0.25) is 4.79 Å². The largest absolute Gasteiger partial charge is 0.497 e. The van der Waals surface area contributed by atoms with Crippen molar-refractivity contribution in [3.8, 4) is 17.6 Å². The van der Waals surface area contributed by atoms with E-state index >= 15 is 0 Å². The summed E-state index contributed by atoms with van der Waals surface area (Å²) in [5.41, 5.74) is 1.32. The highest BCUT2D eigenvalue weighted by Gasteiger charge is 2.12. The Labute approximate surface area is 174 Å². The van der Waals surface area contributed by atoms with Gasteiger partial charge in [-0.1, -0.05) is 0 Å². The molecule has 0 bridgehead atoms. The van der Waals surface area contributed by atoms with Crippen molar-refractivity contribution >= 4 is 56.2 Å². The first-order valence-electron chi connectivity index (χ1n) is 7.67. The van der Waals surface area contributed by atoms with Crippen LogP contribution in [0.1, 0.15) is 12.5 Å². The number of nitriles is 1. The summed E-state index contributed by atoms with van der Waals surface area (Å²) < 4.78 is 12.3. The molecule has 7 heteroatoms. The lowest BCUT2D eigenvalue weighted by Crippen LogP contribution is -2.13. The number of hydrogen-bond donors (Lipinski definition) is 1. The molecule has 1 N–H and O–H groups in total. The van der Waals surface area contributed by atoms with Crippen LogP contribution in [0, 0.1) is 14.9 Å². The summed E-state index contributed by atoms with van der Waals surface area (Å²) >= 11 is 5.62. The van der Waals surface area contributed by atoms with Gasteiger partial charge in [0.25, 0.3) is 5.91 Å². The first-order chi connectivity index (χ1) is 12.5. The zero-order valence-electron chi connectivity index (χ0n) is 14.2. The van der Waals surface area contributed by atoms with Gasteiger partial charge in [0.15, 0.2) is 0 Å². The second-order valence-electron chi connectivity index (χ2n) is 5.10. The Hall–Kier alpha value is -2.05. The van der Waals surface area contributed by atoms with Gasteiger partial charge in [0.05, 0.1) is 21.8 Å². The third-order valence-electron chi connectivity index (χ3n) is 3.33. The molecule has 0 heterocycles. The van der Waals surface area contributed by atoms with Gasteiger partial charge in [-0.05, 0) is 93.5 Å². The second-order valence-corrected chi connectivity index (χ2v) is 7.12. The molecule has 5 nitrogen and oxygen atoms in total. The van der Waals surface area contributed by atoms with Crippen molar-refractivity contribution in [3.05, 3.63) is 55.6 Å². The van der Waals surface area contributed by atoms with E-state index < -0.39 is 5.91 Å². The molecule has 0 atom stereocenters. The third kappa shape index (κ3) is 5.22. The van der Waals surface area contributed by atoms with Crippen molar-refractivity contribution in [2.75, 3.05) is 19.0 Å². The number of amides is 1. The maximum absolute atomic E-state index is 12.4. The molecular weight excluding hydrogens is 511 g/mol. The summed E-state index contributed by atoms with van der Waals surface area (Å²) in [6.45, 7) is 2.46. The molecule has 0 saturated heterocycles. The number of nitrogens with one attached hydrogen (secondary N) is 1. The smallest absolute Gasteiger partial charge is 0.266 e. The van der Waals surface area contributed by atoms with Gasteiger partial charge in [-0.25, -0.2) is 0 Å². The maximum Gasteiger partial charge on any atom is 0.266 e. The summed E-state index contributed by atoms with van der Waals surface area (Å²) in [7, 11) is 1.57. The third-order valence-corrected chi connectivity index (χ3v) is 4.72. The van der Waals surface area contributed by atoms with Crippen molar-refractivity contribution in [1.29, 1.82) is 5.26 Å². The topological polar surface area (TPSA) is 71.3 Å². The summed E-state index contributed by atoms with van der Waals surface area (Å²) in [5, 5.41) is 12.1. The quantitative estimate of drug-likeness (QED) is 0.326. The average molecular weight is 527 g/mol. The van der Waals surface area contributed by atoms with Gasteiger partial charge in [-0.15, -0.1) is 0 Å². The number of carbonyl (C=O) groups excluding carboxylic acids is 1. The minimum atomic E-state index is -0.474. The fourth-order valence-corrected chi connectivity index (χ4v) is 3.90. The minimum absolute atomic E-state index is 0.00711. The van der Waals surface area contributed by atoms with Crippen molar-refractivity contribution in [3.63, 3.8) is 0 Å². The zero-order valence-corrected chi connectivity index (χ0v) is 17.9. The van der Waals surface area contributed by atoms with Gasteiger partial charge in [-0.2, -0.15) is 5.26 Å². The van der Waals surface area contributed by atoms with Gasteiger partial charge >= 0.3 is 0 Å². The number of halogens is 2. The van der Waals surface area contributed by atoms with Gasteiger partial charge < -0.3 is 14.8 Å². The molecule has 0 spiro atoms. The Morgan fingerprint density at radius 3 is 2.58 bits per heavy atom. The average Bonchev–Trinajstić information content (AvgIpc) is 2.63. The summed E-state index contributed by atoms with van der Waals surface area (Å²) in [6.07, 6.45) is 1.54. The van der Waals surface area contributed by atoms with Gasteiger partial charge in [0.1, 0.15) is 23.1 Å². The number of carbonyl (C=O) groups is 1. The zero-order chi connectivity index (χ0) is 19.1. The van der Waals surface area contributed by atoms with Crippen molar-refractivity contribution in [2.45, 2.75) is 6.92 Å². The van der Waals surface area contributed by atoms with E-state index in [-0.39, 0.29) is 5.57 Å².